The Morgan fingerprint density at radius 3 is 2.69 bits per heavy atom. The molecule has 2 atom stereocenters. The summed E-state index contributed by atoms with van der Waals surface area (Å²) in [6, 6.07) is 6.58. The molecule has 9 nitrogen and oxygen atoms in total. The molecule has 2 unspecified atom stereocenters. The Labute approximate surface area is 170 Å². The Morgan fingerprint density at radius 2 is 2.03 bits per heavy atom. The lowest BCUT2D eigenvalue weighted by Crippen LogP contribution is -2.64. The third kappa shape index (κ3) is 4.67. The number of hydrazone groups is 1. The fraction of sp³-hybridized carbons (Fsp3) is 0.500. The number of fused-ring (bicyclic) bond motifs is 1. The smallest absolute Gasteiger partial charge is 0.325 e. The van der Waals surface area contributed by atoms with Gasteiger partial charge in [0.05, 0.1) is 12.8 Å². The third-order valence-electron chi connectivity index (χ3n) is 4.88. The summed E-state index contributed by atoms with van der Waals surface area (Å²) in [6.07, 6.45) is 2.00. The zero-order valence-electron chi connectivity index (χ0n) is 17.3. The van der Waals surface area contributed by atoms with E-state index in [2.05, 4.69) is 34.7 Å². The molecule has 0 spiro atoms. The minimum Gasteiger partial charge on any atom is -0.494 e. The SMILES string of the molecule is CCOc1ccc(/C=N/NC2=NC3C(C(=O)NC(=O)N3C)N2CCC(C)C)cc1. The van der Waals surface area contributed by atoms with E-state index in [1.807, 2.05) is 36.1 Å². The fourth-order valence-corrected chi connectivity index (χ4v) is 3.24. The van der Waals surface area contributed by atoms with Gasteiger partial charge in [0.15, 0.2) is 12.2 Å². The first-order valence-electron chi connectivity index (χ1n) is 9.84. The van der Waals surface area contributed by atoms with E-state index in [0.717, 1.165) is 17.7 Å². The van der Waals surface area contributed by atoms with Gasteiger partial charge >= 0.3 is 6.03 Å². The van der Waals surface area contributed by atoms with Crippen LogP contribution in [0.1, 0.15) is 32.8 Å². The average Bonchev–Trinajstić information content (AvgIpc) is 3.05. The summed E-state index contributed by atoms with van der Waals surface area (Å²) in [6.45, 7) is 7.44. The standard InChI is InChI=1S/C20H28N6O3/c1-5-29-15-8-6-14(7-9-15)12-21-24-19-22-17-16(26(19)11-10-13(2)3)18(27)23-20(28)25(17)4/h6-9,12-13,16-17H,5,10-11H2,1-4H3,(H,22,24)(H,23,27,28)/b21-12+. The van der Waals surface area contributed by atoms with Crippen LogP contribution in [0.3, 0.4) is 0 Å². The van der Waals surface area contributed by atoms with Crippen molar-refractivity contribution in [1.82, 2.24) is 20.5 Å². The molecule has 156 valence electrons. The number of imide groups is 1. The Balaban J connectivity index is 1.73. The predicted molar refractivity (Wildman–Crippen MR) is 111 cm³/mol. The van der Waals surface area contributed by atoms with E-state index < -0.39 is 18.2 Å². The summed E-state index contributed by atoms with van der Waals surface area (Å²) >= 11 is 0. The number of rotatable bonds is 7. The van der Waals surface area contributed by atoms with E-state index in [-0.39, 0.29) is 5.91 Å². The number of ether oxygens (including phenoxy) is 1. The highest BCUT2D eigenvalue weighted by molar-refractivity contribution is 6.03. The maximum Gasteiger partial charge on any atom is 0.325 e. The molecule has 1 saturated heterocycles. The molecule has 1 fully saturated rings. The van der Waals surface area contributed by atoms with E-state index in [1.165, 1.54) is 4.90 Å². The van der Waals surface area contributed by atoms with E-state index in [0.29, 0.717) is 25.0 Å². The number of benzene rings is 1. The van der Waals surface area contributed by atoms with Crippen LogP contribution in [0.15, 0.2) is 34.4 Å². The van der Waals surface area contributed by atoms with Crippen molar-refractivity contribution >= 4 is 24.1 Å². The second-order valence-electron chi connectivity index (χ2n) is 7.46. The lowest BCUT2D eigenvalue weighted by molar-refractivity contribution is -0.127. The first-order chi connectivity index (χ1) is 13.9. The topological polar surface area (TPSA) is 98.6 Å². The number of carbonyl (C=O) groups excluding carboxylic acids is 2. The van der Waals surface area contributed by atoms with Crippen molar-refractivity contribution in [2.45, 2.75) is 39.4 Å². The van der Waals surface area contributed by atoms with Gasteiger partial charge in [0, 0.05) is 13.6 Å². The maximum atomic E-state index is 12.5. The van der Waals surface area contributed by atoms with Gasteiger partial charge in [-0.3, -0.25) is 10.1 Å². The lowest BCUT2D eigenvalue weighted by Gasteiger charge is -2.36. The van der Waals surface area contributed by atoms with Gasteiger partial charge in [-0.1, -0.05) is 13.8 Å². The van der Waals surface area contributed by atoms with Crippen LogP contribution < -0.4 is 15.5 Å². The van der Waals surface area contributed by atoms with Gasteiger partial charge in [-0.25, -0.2) is 15.2 Å². The first-order valence-corrected chi connectivity index (χ1v) is 9.84. The number of likely N-dealkylation sites (N-methyl/N-ethyl adjacent to an activating group) is 1. The van der Waals surface area contributed by atoms with Crippen molar-refractivity contribution in [2.24, 2.45) is 16.0 Å². The Morgan fingerprint density at radius 1 is 1.31 bits per heavy atom. The van der Waals surface area contributed by atoms with Crippen LogP contribution in [0.5, 0.6) is 5.75 Å². The highest BCUT2D eigenvalue weighted by atomic mass is 16.5. The van der Waals surface area contributed by atoms with Crippen molar-refractivity contribution in [3.8, 4) is 5.75 Å². The molecule has 29 heavy (non-hydrogen) atoms. The monoisotopic (exact) mass is 400 g/mol. The molecule has 1 aromatic carbocycles. The average molecular weight is 400 g/mol. The van der Waals surface area contributed by atoms with Crippen LogP contribution in [0.25, 0.3) is 0 Å². The summed E-state index contributed by atoms with van der Waals surface area (Å²) in [5.74, 6) is 1.42. The second kappa shape index (κ2) is 8.93. The molecule has 2 aliphatic rings. The number of nitrogens with one attached hydrogen (secondary N) is 2. The summed E-state index contributed by atoms with van der Waals surface area (Å²) in [5, 5.41) is 6.67. The molecule has 3 amide bonds. The molecule has 2 heterocycles. The van der Waals surface area contributed by atoms with Gasteiger partial charge in [0.1, 0.15) is 5.75 Å². The molecule has 0 saturated carbocycles. The largest absolute Gasteiger partial charge is 0.494 e. The minimum absolute atomic E-state index is 0.335. The van der Waals surface area contributed by atoms with Crippen LogP contribution in [0.2, 0.25) is 0 Å². The van der Waals surface area contributed by atoms with Gasteiger partial charge in [-0.05, 0) is 49.1 Å². The van der Waals surface area contributed by atoms with Crippen LogP contribution >= 0.6 is 0 Å². The first kappa shape index (κ1) is 20.6. The van der Waals surface area contributed by atoms with Crippen molar-refractivity contribution in [1.29, 1.82) is 0 Å². The highest BCUT2D eigenvalue weighted by Gasteiger charge is 2.48. The van der Waals surface area contributed by atoms with Crippen LogP contribution in [0.4, 0.5) is 4.79 Å². The number of urea groups is 1. The number of hydrogen-bond donors (Lipinski definition) is 2. The molecule has 1 aromatic rings. The quantitative estimate of drug-likeness (QED) is 0.535. The Hall–Kier alpha value is -3.10. The van der Waals surface area contributed by atoms with Crippen molar-refractivity contribution in [3.05, 3.63) is 29.8 Å². The molecule has 0 aliphatic carbocycles. The van der Waals surface area contributed by atoms with Crippen LogP contribution in [-0.4, -0.2) is 66.3 Å². The van der Waals surface area contributed by atoms with Crippen molar-refractivity contribution < 1.29 is 14.3 Å². The van der Waals surface area contributed by atoms with Gasteiger partial charge in [0.2, 0.25) is 5.96 Å². The molecule has 9 heteroatoms. The van der Waals surface area contributed by atoms with Gasteiger partial charge in [0.25, 0.3) is 5.91 Å². The van der Waals surface area contributed by atoms with E-state index >= 15 is 0 Å². The number of nitrogens with zero attached hydrogens (tertiary/aromatic N) is 4. The van der Waals surface area contributed by atoms with Crippen LogP contribution in [0, 0.1) is 5.92 Å². The summed E-state index contributed by atoms with van der Waals surface area (Å²) < 4.78 is 5.43. The molecule has 0 aromatic heterocycles. The lowest BCUT2D eigenvalue weighted by atomic mass is 10.1. The normalized spacial score (nSPS) is 21.5. The van der Waals surface area contributed by atoms with E-state index in [4.69, 9.17) is 4.74 Å². The number of amides is 3. The molecular weight excluding hydrogens is 372 g/mol. The molecule has 0 radical (unpaired) electrons. The highest BCUT2D eigenvalue weighted by Crippen LogP contribution is 2.24. The van der Waals surface area contributed by atoms with Gasteiger partial charge in [-0.15, -0.1) is 0 Å². The minimum atomic E-state index is -0.563. The van der Waals surface area contributed by atoms with Gasteiger partial charge < -0.3 is 14.5 Å². The number of carbonyl (C=O) groups is 2. The molecule has 3 rings (SSSR count). The number of aliphatic imine (C=N–C) groups is 1. The molecule has 2 aliphatic heterocycles. The molecule has 0 bridgehead atoms. The summed E-state index contributed by atoms with van der Waals surface area (Å²) in [7, 11) is 1.63. The van der Waals surface area contributed by atoms with E-state index in [1.54, 1.807) is 13.3 Å². The number of hydrogen-bond acceptors (Lipinski definition) is 7. The Kier molecular flexibility index (Phi) is 6.36. The third-order valence-corrected chi connectivity index (χ3v) is 4.88. The second-order valence-corrected chi connectivity index (χ2v) is 7.46. The number of guanidine groups is 1. The summed E-state index contributed by atoms with van der Waals surface area (Å²) in [4.78, 5) is 32.3. The van der Waals surface area contributed by atoms with Crippen molar-refractivity contribution in [3.63, 3.8) is 0 Å². The zero-order chi connectivity index (χ0) is 21.0. The predicted octanol–water partition coefficient (Wildman–Crippen LogP) is 1.60. The fourth-order valence-electron chi connectivity index (χ4n) is 3.24. The summed E-state index contributed by atoms with van der Waals surface area (Å²) in [5.41, 5.74) is 3.85. The van der Waals surface area contributed by atoms with E-state index in [9.17, 15) is 9.59 Å². The molecule has 2 N–H and O–H groups in total. The van der Waals surface area contributed by atoms with Gasteiger partial charge in [-0.2, -0.15) is 5.10 Å². The van der Waals surface area contributed by atoms with Crippen molar-refractivity contribution in [2.75, 3.05) is 20.2 Å². The zero-order valence-corrected chi connectivity index (χ0v) is 17.3. The van der Waals surface area contributed by atoms with Crippen LogP contribution in [-0.2, 0) is 4.79 Å². The Bertz CT molecular complexity index is 805. The molecular formula is C20H28N6O3. The maximum absolute atomic E-state index is 12.5.